The van der Waals surface area contributed by atoms with Crippen LogP contribution in [0.1, 0.15) is 5.56 Å². The average molecular weight is 188 g/mol. The molecule has 0 aliphatic heterocycles. The first-order valence-electron chi connectivity index (χ1n) is 3.50. The van der Waals surface area contributed by atoms with Crippen molar-refractivity contribution >= 4 is 0 Å². The normalized spacial score (nSPS) is 10.1. The van der Waals surface area contributed by atoms with Crippen LogP contribution >= 0.6 is 0 Å². The number of hydrogen-bond donors (Lipinski definition) is 3. The van der Waals surface area contributed by atoms with Crippen LogP contribution in [0.4, 0.5) is 4.39 Å². The third kappa shape index (κ3) is 1.50. The van der Waals surface area contributed by atoms with Gasteiger partial charge in [0.25, 0.3) is 0 Å². The van der Waals surface area contributed by atoms with Crippen molar-refractivity contribution in [3.63, 3.8) is 0 Å². The number of phenolic OH excluding ortho intramolecular Hbond substituents is 1. The van der Waals surface area contributed by atoms with E-state index in [1.165, 1.54) is 7.11 Å². The first-order chi connectivity index (χ1) is 6.11. The molecule has 3 N–H and O–H groups in total. The molecule has 0 spiro atoms. The lowest BCUT2D eigenvalue weighted by Gasteiger charge is -2.08. The summed E-state index contributed by atoms with van der Waals surface area (Å²) >= 11 is 0. The molecule has 13 heavy (non-hydrogen) atoms. The molecule has 1 aromatic rings. The lowest BCUT2D eigenvalue weighted by molar-refractivity contribution is 0.262. The highest BCUT2D eigenvalue weighted by Gasteiger charge is 2.17. The van der Waals surface area contributed by atoms with Crippen LogP contribution < -0.4 is 4.74 Å². The standard InChI is InChI=1S/C8H9FO4/c1-13-6-2-5(11)8(12)4(3-10)7(6)9/h2,10-12H,3H2,1H3. The number of phenols is 2. The average Bonchev–Trinajstić information content (AvgIpc) is 2.12. The van der Waals surface area contributed by atoms with Crippen LogP contribution in [-0.2, 0) is 6.61 Å². The van der Waals surface area contributed by atoms with Gasteiger partial charge in [-0.15, -0.1) is 0 Å². The second-order valence-electron chi connectivity index (χ2n) is 2.40. The molecule has 0 heterocycles. The minimum absolute atomic E-state index is 0.223. The number of rotatable bonds is 2. The van der Waals surface area contributed by atoms with E-state index in [9.17, 15) is 4.39 Å². The molecule has 0 amide bonds. The van der Waals surface area contributed by atoms with Crippen molar-refractivity contribution in [2.45, 2.75) is 6.61 Å². The Balaban J connectivity index is 3.39. The molecule has 0 saturated carbocycles. The van der Waals surface area contributed by atoms with E-state index in [2.05, 4.69) is 4.74 Å². The number of ether oxygens (including phenoxy) is 1. The molecular formula is C8H9FO4. The van der Waals surface area contributed by atoms with Crippen LogP contribution in [0.5, 0.6) is 17.2 Å². The molecule has 0 fully saturated rings. The van der Waals surface area contributed by atoms with Crippen LogP contribution in [0.3, 0.4) is 0 Å². The van der Waals surface area contributed by atoms with Crippen molar-refractivity contribution in [2.75, 3.05) is 7.11 Å². The van der Waals surface area contributed by atoms with E-state index < -0.39 is 23.9 Å². The maximum atomic E-state index is 13.2. The molecule has 72 valence electrons. The van der Waals surface area contributed by atoms with Crippen LogP contribution in [0.15, 0.2) is 6.07 Å². The van der Waals surface area contributed by atoms with Gasteiger partial charge in [0, 0.05) is 6.07 Å². The number of aromatic hydroxyl groups is 2. The molecular weight excluding hydrogens is 179 g/mol. The van der Waals surface area contributed by atoms with E-state index in [4.69, 9.17) is 15.3 Å². The molecule has 0 bridgehead atoms. The van der Waals surface area contributed by atoms with E-state index >= 15 is 0 Å². The minimum atomic E-state index is -0.875. The Labute approximate surface area is 73.8 Å². The van der Waals surface area contributed by atoms with Gasteiger partial charge in [-0.3, -0.25) is 0 Å². The fraction of sp³-hybridized carbons (Fsp3) is 0.250. The number of aliphatic hydroxyl groups is 1. The molecule has 0 saturated heterocycles. The molecule has 0 radical (unpaired) electrons. The predicted molar refractivity (Wildman–Crippen MR) is 42.2 cm³/mol. The maximum absolute atomic E-state index is 13.2. The van der Waals surface area contributed by atoms with E-state index in [0.717, 1.165) is 6.07 Å². The third-order valence-electron chi connectivity index (χ3n) is 1.66. The summed E-state index contributed by atoms with van der Waals surface area (Å²) < 4.78 is 17.7. The quantitative estimate of drug-likeness (QED) is 0.598. The second kappa shape index (κ2) is 3.49. The number of halogens is 1. The smallest absolute Gasteiger partial charge is 0.174 e. The molecule has 1 rings (SSSR count). The Kier molecular flexibility index (Phi) is 2.57. The molecule has 5 heteroatoms. The highest BCUT2D eigenvalue weighted by atomic mass is 19.1. The summed E-state index contributed by atoms with van der Waals surface area (Å²) in [6.07, 6.45) is 0. The summed E-state index contributed by atoms with van der Waals surface area (Å²) in [4.78, 5) is 0. The topological polar surface area (TPSA) is 69.9 Å². The van der Waals surface area contributed by atoms with Crippen molar-refractivity contribution in [3.05, 3.63) is 17.4 Å². The monoisotopic (exact) mass is 188 g/mol. The van der Waals surface area contributed by atoms with E-state index in [0.29, 0.717) is 0 Å². The molecule has 0 aliphatic carbocycles. The van der Waals surface area contributed by atoms with Gasteiger partial charge < -0.3 is 20.1 Å². The Morgan fingerprint density at radius 3 is 2.54 bits per heavy atom. The van der Waals surface area contributed by atoms with E-state index in [1.54, 1.807) is 0 Å². The predicted octanol–water partition coefficient (Wildman–Crippen LogP) is 0.738. The molecule has 0 atom stereocenters. The SMILES string of the molecule is COc1cc(O)c(O)c(CO)c1F. The first-order valence-corrected chi connectivity index (χ1v) is 3.50. The highest BCUT2D eigenvalue weighted by molar-refractivity contribution is 5.50. The first kappa shape index (κ1) is 9.60. The fourth-order valence-corrected chi connectivity index (χ4v) is 0.956. The summed E-state index contributed by atoms with van der Waals surface area (Å²) in [7, 11) is 1.22. The van der Waals surface area contributed by atoms with E-state index in [-0.39, 0.29) is 11.3 Å². The van der Waals surface area contributed by atoms with Gasteiger partial charge >= 0.3 is 0 Å². The summed E-state index contributed by atoms with van der Waals surface area (Å²) in [5, 5.41) is 26.8. The van der Waals surface area contributed by atoms with Crippen LogP contribution in [0.2, 0.25) is 0 Å². The lowest BCUT2D eigenvalue weighted by Crippen LogP contribution is -1.95. The Bertz CT molecular complexity index is 324. The summed E-state index contributed by atoms with van der Waals surface area (Å²) in [6, 6.07) is 0.934. The number of aliphatic hydroxyl groups excluding tert-OH is 1. The van der Waals surface area contributed by atoms with Crippen LogP contribution in [0.25, 0.3) is 0 Å². The van der Waals surface area contributed by atoms with E-state index in [1.807, 2.05) is 0 Å². The van der Waals surface area contributed by atoms with Gasteiger partial charge in [0.15, 0.2) is 23.1 Å². The van der Waals surface area contributed by atoms with Crippen molar-refractivity contribution < 1.29 is 24.4 Å². The van der Waals surface area contributed by atoms with Gasteiger partial charge in [-0.2, -0.15) is 0 Å². The largest absolute Gasteiger partial charge is 0.504 e. The minimum Gasteiger partial charge on any atom is -0.504 e. The van der Waals surface area contributed by atoms with Gasteiger partial charge in [-0.05, 0) is 0 Å². The van der Waals surface area contributed by atoms with Crippen molar-refractivity contribution in [2.24, 2.45) is 0 Å². The molecule has 4 nitrogen and oxygen atoms in total. The molecule has 0 aromatic heterocycles. The zero-order chi connectivity index (χ0) is 10.0. The van der Waals surface area contributed by atoms with Gasteiger partial charge in [-0.25, -0.2) is 4.39 Å². The van der Waals surface area contributed by atoms with Crippen LogP contribution in [0, 0.1) is 5.82 Å². The molecule has 0 unspecified atom stereocenters. The fourth-order valence-electron chi connectivity index (χ4n) is 0.956. The number of methoxy groups -OCH3 is 1. The van der Waals surface area contributed by atoms with Gasteiger partial charge in [0.2, 0.25) is 0 Å². The van der Waals surface area contributed by atoms with Crippen LogP contribution in [-0.4, -0.2) is 22.4 Å². The zero-order valence-electron chi connectivity index (χ0n) is 6.91. The zero-order valence-corrected chi connectivity index (χ0v) is 6.91. The van der Waals surface area contributed by atoms with Crippen molar-refractivity contribution in [3.8, 4) is 17.2 Å². The van der Waals surface area contributed by atoms with Gasteiger partial charge in [0.1, 0.15) is 0 Å². The Hall–Kier alpha value is -1.49. The Morgan fingerprint density at radius 1 is 1.46 bits per heavy atom. The lowest BCUT2D eigenvalue weighted by atomic mass is 10.1. The van der Waals surface area contributed by atoms with Crippen molar-refractivity contribution in [1.29, 1.82) is 0 Å². The number of hydrogen-bond acceptors (Lipinski definition) is 4. The van der Waals surface area contributed by atoms with Crippen molar-refractivity contribution in [1.82, 2.24) is 0 Å². The molecule has 1 aromatic carbocycles. The summed E-state index contributed by atoms with van der Waals surface area (Å²) in [5.74, 6) is -2.29. The third-order valence-corrected chi connectivity index (χ3v) is 1.66. The Morgan fingerprint density at radius 2 is 2.08 bits per heavy atom. The summed E-state index contributed by atoms with van der Waals surface area (Å²) in [5.41, 5.74) is -0.378. The highest BCUT2D eigenvalue weighted by Crippen LogP contribution is 2.36. The maximum Gasteiger partial charge on any atom is 0.174 e. The van der Waals surface area contributed by atoms with Gasteiger partial charge in [0.05, 0.1) is 19.3 Å². The second-order valence-corrected chi connectivity index (χ2v) is 2.40. The molecule has 0 aliphatic rings. The number of benzene rings is 1. The summed E-state index contributed by atoms with van der Waals surface area (Å²) in [6.45, 7) is -0.706. The van der Waals surface area contributed by atoms with Gasteiger partial charge in [-0.1, -0.05) is 0 Å².